The molecule has 3 aromatic carbocycles. The van der Waals surface area contributed by atoms with Crippen LogP contribution in [0.2, 0.25) is 5.02 Å². The van der Waals surface area contributed by atoms with Crippen LogP contribution in [0.3, 0.4) is 0 Å². The molecule has 2 aliphatic rings. The molecule has 0 saturated carbocycles. The molecule has 0 bridgehead atoms. The number of thioether (sulfide) groups is 1. The van der Waals surface area contributed by atoms with Crippen molar-refractivity contribution in [2.75, 3.05) is 0 Å². The average Bonchev–Trinajstić information content (AvgIpc) is 3.06. The van der Waals surface area contributed by atoms with Gasteiger partial charge in [-0.1, -0.05) is 83.5 Å². The molecule has 1 N–H and O–H groups in total. The molecule has 3 aromatic rings. The van der Waals surface area contributed by atoms with Gasteiger partial charge in [0, 0.05) is 27.5 Å². The topological polar surface area (TPSA) is 41.5 Å². The molecule has 0 saturated heterocycles. The summed E-state index contributed by atoms with van der Waals surface area (Å²) in [4.78, 5) is 18.1. The lowest BCUT2D eigenvalue weighted by Gasteiger charge is -2.24. The van der Waals surface area contributed by atoms with Crippen LogP contribution < -0.4 is 5.32 Å². The summed E-state index contributed by atoms with van der Waals surface area (Å²) in [5.74, 6) is -0.0164. The number of nitrogens with zero attached hydrogens (tertiary/aromatic N) is 1. The number of carbonyl (C=O) groups is 1. The van der Waals surface area contributed by atoms with E-state index in [0.29, 0.717) is 32.6 Å². The maximum absolute atomic E-state index is 14.2. The molecule has 1 heterocycles. The third kappa shape index (κ3) is 3.58. The Balaban J connectivity index is 1.53. The molecule has 1 aliphatic carbocycles. The van der Waals surface area contributed by atoms with E-state index in [4.69, 9.17) is 16.6 Å². The maximum Gasteiger partial charge on any atom is 0.194 e. The minimum atomic E-state index is -0.421. The van der Waals surface area contributed by atoms with Crippen LogP contribution in [0, 0.1) is 12.7 Å². The Morgan fingerprint density at radius 1 is 1.03 bits per heavy atom. The van der Waals surface area contributed by atoms with Crippen molar-refractivity contribution in [3.63, 3.8) is 0 Å². The van der Waals surface area contributed by atoms with Crippen LogP contribution in [0.1, 0.15) is 38.7 Å². The van der Waals surface area contributed by atoms with Crippen LogP contribution in [0.15, 0.2) is 77.3 Å². The van der Waals surface area contributed by atoms with Gasteiger partial charge >= 0.3 is 0 Å². The van der Waals surface area contributed by atoms with Crippen LogP contribution in [0.25, 0.3) is 5.70 Å². The lowest BCUT2D eigenvalue weighted by Crippen LogP contribution is -2.27. The molecule has 1 aliphatic heterocycles. The van der Waals surface area contributed by atoms with E-state index in [-0.39, 0.29) is 11.6 Å². The molecular weight excluding hydrogens is 431 g/mol. The van der Waals surface area contributed by atoms with E-state index in [1.807, 2.05) is 55.5 Å². The Morgan fingerprint density at radius 3 is 2.52 bits per heavy atom. The fraction of sp³-hybridized carbons (Fsp3) is 0.120. The van der Waals surface area contributed by atoms with Gasteiger partial charge < -0.3 is 5.32 Å². The highest BCUT2D eigenvalue weighted by Crippen LogP contribution is 2.43. The van der Waals surface area contributed by atoms with Crippen molar-refractivity contribution in [2.45, 2.75) is 18.7 Å². The summed E-state index contributed by atoms with van der Waals surface area (Å²) < 4.78 is 14.2. The summed E-state index contributed by atoms with van der Waals surface area (Å²) >= 11 is 7.57. The Kier molecular flexibility index (Phi) is 5.16. The average molecular weight is 449 g/mol. The first-order valence-corrected chi connectivity index (χ1v) is 11.2. The van der Waals surface area contributed by atoms with Crippen molar-refractivity contribution < 1.29 is 9.18 Å². The van der Waals surface area contributed by atoms with E-state index in [0.717, 1.165) is 22.4 Å². The predicted molar refractivity (Wildman–Crippen MR) is 125 cm³/mol. The molecule has 31 heavy (non-hydrogen) atoms. The van der Waals surface area contributed by atoms with E-state index >= 15 is 0 Å². The normalized spacial score (nSPS) is 17.2. The summed E-state index contributed by atoms with van der Waals surface area (Å²) in [6.07, 6.45) is 0. The van der Waals surface area contributed by atoms with Gasteiger partial charge in [-0.25, -0.2) is 9.38 Å². The molecule has 0 spiro atoms. The first kappa shape index (κ1) is 20.0. The fourth-order valence-electron chi connectivity index (χ4n) is 3.89. The van der Waals surface area contributed by atoms with Crippen molar-refractivity contribution >= 4 is 40.0 Å². The molecule has 0 aromatic heterocycles. The molecule has 0 fully saturated rings. The molecule has 5 rings (SSSR count). The second-order valence-electron chi connectivity index (χ2n) is 7.52. The number of Topliss-reactive ketones (excluding diaryl/α,β-unsaturated/α-hetero) is 1. The number of aryl methyl sites for hydroxylation is 1. The standard InChI is InChI=1S/C25H18ClFN2OS/c1-14-9-11-15(12-10-14)22-21-23(16-5-2-3-6-17(16)24(21)30)29-25(28-22)31-13-18-19(26)7-4-8-20(18)27/h2-12,22H,13H2,1H3,(H,28,29)/t22-/m0/s1. The van der Waals surface area contributed by atoms with Crippen molar-refractivity contribution in [1.82, 2.24) is 5.32 Å². The molecule has 0 unspecified atom stereocenters. The first-order valence-electron chi connectivity index (χ1n) is 9.88. The van der Waals surface area contributed by atoms with Gasteiger partial charge in [0.1, 0.15) is 11.9 Å². The largest absolute Gasteiger partial charge is 0.334 e. The van der Waals surface area contributed by atoms with Gasteiger partial charge in [-0.3, -0.25) is 4.79 Å². The van der Waals surface area contributed by atoms with Crippen molar-refractivity contribution in [1.29, 1.82) is 0 Å². The Labute approximate surface area is 189 Å². The number of nitrogens with one attached hydrogen (secondary N) is 1. The van der Waals surface area contributed by atoms with E-state index in [1.54, 1.807) is 12.1 Å². The zero-order valence-electron chi connectivity index (χ0n) is 16.7. The van der Waals surface area contributed by atoms with Crippen LogP contribution in [-0.2, 0) is 5.75 Å². The second-order valence-corrected chi connectivity index (χ2v) is 8.90. The zero-order chi connectivity index (χ0) is 21.5. The first-order chi connectivity index (χ1) is 15.0. The fourth-order valence-corrected chi connectivity index (χ4v) is 5.13. The highest BCUT2D eigenvalue weighted by molar-refractivity contribution is 8.13. The molecule has 3 nitrogen and oxygen atoms in total. The SMILES string of the molecule is Cc1ccc([C@@H]2N=C(SCc3c(F)cccc3Cl)NC3=C2C(=O)c2ccccc23)cc1. The van der Waals surface area contributed by atoms with Gasteiger partial charge in [-0.05, 0) is 24.6 Å². The van der Waals surface area contributed by atoms with Gasteiger partial charge in [0.05, 0.1) is 11.3 Å². The number of hydrogen-bond acceptors (Lipinski definition) is 4. The van der Waals surface area contributed by atoms with E-state index < -0.39 is 6.04 Å². The second kappa shape index (κ2) is 7.98. The third-order valence-corrected chi connectivity index (χ3v) is 6.78. The molecule has 1 atom stereocenters. The van der Waals surface area contributed by atoms with Gasteiger partial charge in [0.25, 0.3) is 0 Å². The van der Waals surface area contributed by atoms with Crippen LogP contribution >= 0.6 is 23.4 Å². The Morgan fingerprint density at radius 2 is 1.77 bits per heavy atom. The summed E-state index contributed by atoms with van der Waals surface area (Å²) in [6.45, 7) is 2.02. The quantitative estimate of drug-likeness (QED) is 0.509. The third-order valence-electron chi connectivity index (χ3n) is 5.51. The predicted octanol–water partition coefficient (Wildman–Crippen LogP) is 6.33. The highest BCUT2D eigenvalue weighted by atomic mass is 35.5. The lowest BCUT2D eigenvalue weighted by atomic mass is 9.95. The number of aliphatic imine (C=N–C) groups is 1. The monoisotopic (exact) mass is 448 g/mol. The van der Waals surface area contributed by atoms with Crippen molar-refractivity contribution in [3.8, 4) is 0 Å². The number of benzene rings is 3. The van der Waals surface area contributed by atoms with Gasteiger partial charge in [0.2, 0.25) is 0 Å². The molecular formula is C25H18ClFN2OS. The number of rotatable bonds is 3. The number of fused-ring (bicyclic) bond motifs is 2. The summed E-state index contributed by atoms with van der Waals surface area (Å²) in [6, 6.07) is 19.9. The number of halogens is 2. The van der Waals surface area contributed by atoms with E-state index in [9.17, 15) is 9.18 Å². The van der Waals surface area contributed by atoms with Gasteiger partial charge in [-0.15, -0.1) is 0 Å². The summed E-state index contributed by atoms with van der Waals surface area (Å²) in [5.41, 5.74) is 5.51. The minimum absolute atomic E-state index is 0.00590. The van der Waals surface area contributed by atoms with E-state index in [2.05, 4.69) is 5.32 Å². The summed E-state index contributed by atoms with van der Waals surface area (Å²) in [7, 11) is 0. The molecule has 154 valence electrons. The summed E-state index contributed by atoms with van der Waals surface area (Å²) in [5, 5.41) is 4.35. The Bertz CT molecular complexity index is 1250. The van der Waals surface area contributed by atoms with Crippen molar-refractivity contribution in [2.24, 2.45) is 4.99 Å². The molecule has 6 heteroatoms. The zero-order valence-corrected chi connectivity index (χ0v) is 18.2. The Hall–Kier alpha value is -2.89. The molecule has 0 radical (unpaired) electrons. The van der Waals surface area contributed by atoms with Gasteiger partial charge in [-0.2, -0.15) is 0 Å². The number of ketones is 1. The molecule has 0 amide bonds. The minimum Gasteiger partial charge on any atom is -0.334 e. The van der Waals surface area contributed by atoms with Gasteiger partial charge in [0.15, 0.2) is 11.0 Å². The number of hydrogen-bond donors (Lipinski definition) is 1. The highest BCUT2D eigenvalue weighted by Gasteiger charge is 2.38. The number of amidine groups is 1. The van der Waals surface area contributed by atoms with Crippen molar-refractivity contribution in [3.05, 3.63) is 111 Å². The maximum atomic E-state index is 14.2. The van der Waals surface area contributed by atoms with Crippen LogP contribution in [0.5, 0.6) is 0 Å². The van der Waals surface area contributed by atoms with E-state index in [1.165, 1.54) is 17.8 Å². The van der Waals surface area contributed by atoms with Crippen LogP contribution in [0.4, 0.5) is 4.39 Å². The van der Waals surface area contributed by atoms with Crippen LogP contribution in [-0.4, -0.2) is 11.0 Å². The lowest BCUT2D eigenvalue weighted by molar-refractivity contribution is 0.103. The number of carbonyl (C=O) groups excluding carboxylic acids is 1. The smallest absolute Gasteiger partial charge is 0.194 e.